The summed E-state index contributed by atoms with van der Waals surface area (Å²) in [6.07, 6.45) is 2.78. The van der Waals surface area contributed by atoms with Crippen LogP contribution in [0.25, 0.3) is 72.7 Å². The van der Waals surface area contributed by atoms with Gasteiger partial charge in [-0.25, -0.2) is 4.98 Å². The molecule has 0 atom stereocenters. The SMILES string of the molecule is [2H]C(C)(C)c1ccc(-c2ccnc(-c3[c-]c(-c4cccc5c4nc(-c4ccccc4O)n5-c4ccc(-c5ccccc5)c(CC(C)C)c4)cc(C(C)(C)C)c3)c2)cc1.[Pt]. The van der Waals surface area contributed by atoms with Crippen molar-refractivity contribution in [1.82, 2.24) is 14.5 Å². The van der Waals surface area contributed by atoms with Crippen LogP contribution in [0.4, 0.5) is 0 Å². The normalized spacial score (nSPS) is 12.1. The van der Waals surface area contributed by atoms with Crippen molar-refractivity contribution in [3.05, 3.63) is 168 Å². The Balaban J connectivity index is 0.00000528. The Labute approximate surface area is 359 Å². The minimum Gasteiger partial charge on any atom is -0.507 e. The fraction of sp³-hybridized carbons (Fsp3) is 0.208. The molecule has 0 saturated carbocycles. The predicted molar refractivity (Wildman–Crippen MR) is 238 cm³/mol. The third-order valence-electron chi connectivity index (χ3n) is 10.7. The van der Waals surface area contributed by atoms with Crippen LogP contribution in [0.3, 0.4) is 0 Å². The van der Waals surface area contributed by atoms with Crippen LogP contribution in [0.5, 0.6) is 5.75 Å². The maximum Gasteiger partial charge on any atom is 0.148 e. The van der Waals surface area contributed by atoms with Gasteiger partial charge in [-0.3, -0.25) is 9.55 Å². The predicted octanol–water partition coefficient (Wildman–Crippen LogP) is 13.9. The monoisotopic (exact) mass is 940 g/mol. The maximum atomic E-state index is 11.3. The number of hydrogen-bond acceptors (Lipinski definition) is 3. The summed E-state index contributed by atoms with van der Waals surface area (Å²) in [4.78, 5) is 10.3. The molecule has 0 amide bonds. The fourth-order valence-corrected chi connectivity index (χ4v) is 7.69. The summed E-state index contributed by atoms with van der Waals surface area (Å²) < 4.78 is 10.6. The molecule has 0 aliphatic rings. The molecule has 8 aromatic rings. The van der Waals surface area contributed by atoms with E-state index in [0.717, 1.165) is 67.8 Å². The molecule has 1 N–H and O–H groups in total. The van der Waals surface area contributed by atoms with Crippen molar-refractivity contribution in [1.29, 1.82) is 0 Å². The summed E-state index contributed by atoms with van der Waals surface area (Å²) in [6, 6.07) is 51.7. The Kier molecular flexibility index (Phi) is 11.3. The maximum absolute atomic E-state index is 11.3. The van der Waals surface area contributed by atoms with Crippen molar-refractivity contribution in [2.24, 2.45) is 5.92 Å². The quantitative estimate of drug-likeness (QED) is 0.147. The van der Waals surface area contributed by atoms with Crippen LogP contribution < -0.4 is 0 Å². The number of hydrogen-bond donors (Lipinski definition) is 1. The van der Waals surface area contributed by atoms with Crippen molar-refractivity contribution in [3.8, 4) is 67.5 Å². The molecule has 0 spiro atoms. The zero-order valence-electron chi connectivity index (χ0n) is 35.2. The van der Waals surface area contributed by atoms with E-state index in [1.807, 2.05) is 56.4 Å². The van der Waals surface area contributed by atoms with E-state index in [0.29, 0.717) is 17.3 Å². The van der Waals surface area contributed by atoms with Crippen molar-refractivity contribution in [2.75, 3.05) is 0 Å². The number of aromatic hydroxyl groups is 1. The zero-order chi connectivity index (χ0) is 40.8. The molecule has 5 heteroatoms. The van der Waals surface area contributed by atoms with E-state index >= 15 is 0 Å². The average Bonchev–Trinajstić information content (AvgIpc) is 3.60. The van der Waals surface area contributed by atoms with Crippen LogP contribution in [0.15, 0.2) is 146 Å². The Bertz CT molecular complexity index is 2760. The number of pyridine rings is 1. The first-order valence-electron chi connectivity index (χ1n) is 20.4. The first-order valence-corrected chi connectivity index (χ1v) is 19.9. The van der Waals surface area contributed by atoms with E-state index in [9.17, 15) is 5.11 Å². The molecule has 4 nitrogen and oxygen atoms in total. The van der Waals surface area contributed by atoms with Crippen molar-refractivity contribution < 1.29 is 27.5 Å². The van der Waals surface area contributed by atoms with E-state index < -0.39 is 5.89 Å². The topological polar surface area (TPSA) is 50.9 Å². The van der Waals surface area contributed by atoms with E-state index in [1.165, 1.54) is 16.7 Å². The number of fused-ring (bicyclic) bond motifs is 1. The number of nitrogens with zero attached hydrogens (tertiary/aromatic N) is 3. The van der Waals surface area contributed by atoms with Gasteiger partial charge >= 0.3 is 0 Å². The van der Waals surface area contributed by atoms with Gasteiger partial charge in [-0.1, -0.05) is 151 Å². The molecule has 6 aromatic carbocycles. The second kappa shape index (κ2) is 16.7. The molecule has 0 aliphatic heterocycles. The number of benzene rings is 6. The van der Waals surface area contributed by atoms with Gasteiger partial charge in [0.1, 0.15) is 11.6 Å². The van der Waals surface area contributed by atoms with Gasteiger partial charge in [0, 0.05) is 40.0 Å². The Morgan fingerprint density at radius 3 is 2.10 bits per heavy atom. The van der Waals surface area contributed by atoms with E-state index in [-0.39, 0.29) is 32.2 Å². The molecule has 58 heavy (non-hydrogen) atoms. The zero-order valence-corrected chi connectivity index (χ0v) is 36.5. The summed E-state index contributed by atoms with van der Waals surface area (Å²) in [5, 5.41) is 11.3. The molecule has 0 fully saturated rings. The smallest absolute Gasteiger partial charge is 0.148 e. The van der Waals surface area contributed by atoms with Crippen LogP contribution in [-0.2, 0) is 32.9 Å². The summed E-state index contributed by atoms with van der Waals surface area (Å²) in [5.74, 6) is 0.644. The molecule has 2 aromatic heterocycles. The van der Waals surface area contributed by atoms with Crippen molar-refractivity contribution in [3.63, 3.8) is 0 Å². The molecule has 294 valence electrons. The van der Waals surface area contributed by atoms with Gasteiger partial charge in [0.05, 0.1) is 16.6 Å². The molecule has 0 saturated heterocycles. The number of para-hydroxylation sites is 2. The van der Waals surface area contributed by atoms with E-state index in [4.69, 9.17) is 11.3 Å². The molecular formula is C53H50N3OPt-. The van der Waals surface area contributed by atoms with Gasteiger partial charge in [-0.05, 0) is 93.4 Å². The Hall–Kier alpha value is -5.57. The van der Waals surface area contributed by atoms with Gasteiger partial charge in [-0.15, -0.1) is 29.3 Å². The van der Waals surface area contributed by atoms with Crippen molar-refractivity contribution >= 4 is 11.0 Å². The van der Waals surface area contributed by atoms with Crippen LogP contribution in [0.1, 0.15) is 72.4 Å². The molecule has 0 radical (unpaired) electrons. The number of phenols is 1. The third kappa shape index (κ3) is 8.22. The Morgan fingerprint density at radius 1 is 0.690 bits per heavy atom. The molecule has 2 heterocycles. The summed E-state index contributed by atoms with van der Waals surface area (Å²) >= 11 is 0. The minimum absolute atomic E-state index is 0. The molecule has 0 unspecified atom stereocenters. The summed E-state index contributed by atoms with van der Waals surface area (Å²) in [5.41, 5.74) is 14.8. The fourth-order valence-electron chi connectivity index (χ4n) is 7.69. The number of phenolic OH excluding ortho intramolecular Hbond substituents is 1. The molecule has 0 aliphatic carbocycles. The van der Waals surface area contributed by atoms with Crippen molar-refractivity contribution in [2.45, 2.75) is 66.2 Å². The molecule has 0 bridgehead atoms. The average molecular weight is 941 g/mol. The second-order valence-corrected chi connectivity index (χ2v) is 16.7. The largest absolute Gasteiger partial charge is 0.507 e. The Morgan fingerprint density at radius 2 is 1.40 bits per heavy atom. The number of aromatic nitrogens is 3. The van der Waals surface area contributed by atoms with Gasteiger partial charge < -0.3 is 5.11 Å². The number of rotatable bonds is 9. The third-order valence-corrected chi connectivity index (χ3v) is 10.7. The van der Waals surface area contributed by atoms with E-state index in [1.54, 1.807) is 6.07 Å². The van der Waals surface area contributed by atoms with Crippen LogP contribution >= 0.6 is 0 Å². The second-order valence-electron chi connectivity index (χ2n) is 16.7. The summed E-state index contributed by atoms with van der Waals surface area (Å²) in [7, 11) is 0. The van der Waals surface area contributed by atoms with Crippen LogP contribution in [0, 0.1) is 12.0 Å². The van der Waals surface area contributed by atoms with Gasteiger partial charge in [0.15, 0.2) is 0 Å². The first-order chi connectivity index (χ1) is 27.7. The standard InChI is InChI=1S/C53H50N3O.Pt/c1-34(2)28-40-32-44(24-25-45(40)38-14-9-8-10-15-38)56-49-18-13-17-46(51(49)55-52(56)47-16-11-12-19-50(47)57)41-29-42(31-43(30-41)53(5,6)7)48-33-39(26-27-54-48)37-22-20-36(21-23-37)35(3)4;/h8-27,30-35,57H,28H2,1-7H3;/q-1;/i35D;. The van der Waals surface area contributed by atoms with E-state index in [2.05, 4.69) is 142 Å². The van der Waals surface area contributed by atoms with Gasteiger partial charge in [0.25, 0.3) is 0 Å². The van der Waals surface area contributed by atoms with Crippen LogP contribution in [0.2, 0.25) is 0 Å². The van der Waals surface area contributed by atoms with Gasteiger partial charge in [-0.2, -0.15) is 0 Å². The molecular weight excluding hydrogens is 890 g/mol. The summed E-state index contributed by atoms with van der Waals surface area (Å²) in [6.45, 7) is 15.0. The van der Waals surface area contributed by atoms with Crippen LogP contribution in [-0.4, -0.2) is 19.6 Å². The number of imidazole rings is 1. The van der Waals surface area contributed by atoms with Gasteiger partial charge in [0.2, 0.25) is 0 Å². The minimum atomic E-state index is -0.661. The molecule has 8 rings (SSSR count). The first kappa shape index (κ1) is 39.3.